The van der Waals surface area contributed by atoms with Crippen molar-refractivity contribution in [3.8, 4) is 11.3 Å². The van der Waals surface area contributed by atoms with Crippen molar-refractivity contribution in [2.75, 3.05) is 7.11 Å². The summed E-state index contributed by atoms with van der Waals surface area (Å²) in [6, 6.07) is 8.25. The van der Waals surface area contributed by atoms with Crippen LogP contribution in [0.1, 0.15) is 17.0 Å². The van der Waals surface area contributed by atoms with Crippen LogP contribution < -0.4 is 0 Å². The molecule has 1 aromatic carbocycles. The molecule has 18 heavy (non-hydrogen) atoms. The van der Waals surface area contributed by atoms with Crippen molar-refractivity contribution < 1.29 is 9.53 Å². The van der Waals surface area contributed by atoms with Crippen LogP contribution in [-0.4, -0.2) is 18.1 Å². The molecule has 0 N–H and O–H groups in total. The number of ether oxygens (including phenoxy) is 1. The Bertz CT molecular complexity index is 548. The highest BCUT2D eigenvalue weighted by molar-refractivity contribution is 7.09. The SMILES string of the molecule is COC(=O)CCc1nc(-c2cccc(C)c2)cs1. The maximum Gasteiger partial charge on any atom is 0.305 e. The van der Waals surface area contributed by atoms with Gasteiger partial charge in [0, 0.05) is 17.4 Å². The number of esters is 1. The van der Waals surface area contributed by atoms with E-state index in [1.165, 1.54) is 12.7 Å². The van der Waals surface area contributed by atoms with Crippen LogP contribution in [0.3, 0.4) is 0 Å². The fourth-order valence-corrected chi connectivity index (χ4v) is 2.48. The van der Waals surface area contributed by atoms with Gasteiger partial charge in [0.25, 0.3) is 0 Å². The molecule has 0 amide bonds. The number of hydrogen-bond donors (Lipinski definition) is 0. The van der Waals surface area contributed by atoms with Gasteiger partial charge >= 0.3 is 5.97 Å². The second-order valence-electron chi connectivity index (χ2n) is 4.07. The molecule has 0 saturated heterocycles. The maximum absolute atomic E-state index is 11.1. The highest BCUT2D eigenvalue weighted by Gasteiger charge is 2.07. The van der Waals surface area contributed by atoms with Crippen LogP contribution >= 0.6 is 11.3 Å². The fraction of sp³-hybridized carbons (Fsp3) is 0.286. The van der Waals surface area contributed by atoms with Crippen molar-refractivity contribution >= 4 is 17.3 Å². The van der Waals surface area contributed by atoms with E-state index >= 15 is 0 Å². The summed E-state index contributed by atoms with van der Waals surface area (Å²) < 4.78 is 4.62. The van der Waals surface area contributed by atoms with Gasteiger partial charge in [-0.1, -0.05) is 23.8 Å². The zero-order chi connectivity index (χ0) is 13.0. The van der Waals surface area contributed by atoms with E-state index in [-0.39, 0.29) is 5.97 Å². The molecule has 0 unspecified atom stereocenters. The van der Waals surface area contributed by atoms with E-state index in [0.717, 1.165) is 16.3 Å². The lowest BCUT2D eigenvalue weighted by Crippen LogP contribution is -2.01. The number of nitrogens with zero attached hydrogens (tertiary/aromatic N) is 1. The molecule has 0 bridgehead atoms. The fourth-order valence-electron chi connectivity index (χ4n) is 1.67. The highest BCUT2D eigenvalue weighted by Crippen LogP contribution is 2.23. The second kappa shape index (κ2) is 5.78. The van der Waals surface area contributed by atoms with E-state index < -0.39 is 0 Å². The maximum atomic E-state index is 11.1. The average Bonchev–Trinajstić information content (AvgIpc) is 2.84. The third-order valence-corrected chi connectivity index (χ3v) is 3.54. The first-order chi connectivity index (χ1) is 8.69. The van der Waals surface area contributed by atoms with Crippen molar-refractivity contribution in [2.24, 2.45) is 0 Å². The summed E-state index contributed by atoms with van der Waals surface area (Å²) >= 11 is 1.58. The minimum atomic E-state index is -0.192. The van der Waals surface area contributed by atoms with Crippen LogP contribution in [0, 0.1) is 6.92 Å². The first kappa shape index (κ1) is 12.8. The van der Waals surface area contributed by atoms with Crippen LogP contribution in [-0.2, 0) is 16.0 Å². The number of thiazole rings is 1. The van der Waals surface area contributed by atoms with Gasteiger partial charge in [-0.25, -0.2) is 4.98 Å². The second-order valence-corrected chi connectivity index (χ2v) is 5.01. The average molecular weight is 261 g/mol. The quantitative estimate of drug-likeness (QED) is 0.793. The van der Waals surface area contributed by atoms with Gasteiger partial charge in [-0.3, -0.25) is 4.79 Å². The first-order valence-corrected chi connectivity index (χ1v) is 6.65. The smallest absolute Gasteiger partial charge is 0.305 e. The summed E-state index contributed by atoms with van der Waals surface area (Å²) in [5.74, 6) is -0.192. The molecule has 0 aliphatic carbocycles. The van der Waals surface area contributed by atoms with Gasteiger partial charge in [0.15, 0.2) is 0 Å². The number of methoxy groups -OCH3 is 1. The summed E-state index contributed by atoms with van der Waals surface area (Å²) in [7, 11) is 1.41. The molecule has 2 aromatic rings. The lowest BCUT2D eigenvalue weighted by atomic mass is 10.1. The molecule has 0 saturated carbocycles. The van der Waals surface area contributed by atoms with Crippen LogP contribution in [0.25, 0.3) is 11.3 Å². The third kappa shape index (κ3) is 3.17. The molecule has 2 rings (SSSR count). The Morgan fingerprint density at radius 3 is 3.00 bits per heavy atom. The number of carbonyl (C=O) groups is 1. The van der Waals surface area contributed by atoms with Gasteiger partial charge in [0.1, 0.15) is 0 Å². The monoisotopic (exact) mass is 261 g/mol. The molecular formula is C14H15NO2S. The van der Waals surface area contributed by atoms with Gasteiger partial charge in [0.05, 0.1) is 24.2 Å². The van der Waals surface area contributed by atoms with Crippen LogP contribution in [0.2, 0.25) is 0 Å². The van der Waals surface area contributed by atoms with Crippen molar-refractivity contribution in [3.63, 3.8) is 0 Å². The van der Waals surface area contributed by atoms with E-state index in [1.807, 2.05) is 17.5 Å². The van der Waals surface area contributed by atoms with Crippen molar-refractivity contribution in [3.05, 3.63) is 40.2 Å². The number of carbonyl (C=O) groups excluding carboxylic acids is 1. The van der Waals surface area contributed by atoms with E-state index in [0.29, 0.717) is 12.8 Å². The Morgan fingerprint density at radius 1 is 1.44 bits per heavy atom. The zero-order valence-electron chi connectivity index (χ0n) is 10.5. The Morgan fingerprint density at radius 2 is 2.28 bits per heavy atom. The minimum absolute atomic E-state index is 0.192. The van der Waals surface area contributed by atoms with Gasteiger partial charge in [0.2, 0.25) is 0 Å². The predicted octanol–water partition coefficient (Wildman–Crippen LogP) is 3.22. The van der Waals surface area contributed by atoms with Crippen LogP contribution in [0.5, 0.6) is 0 Å². The third-order valence-electron chi connectivity index (χ3n) is 2.64. The minimum Gasteiger partial charge on any atom is -0.469 e. The molecule has 0 radical (unpaired) electrons. The normalized spacial score (nSPS) is 10.3. The van der Waals surface area contributed by atoms with Crippen molar-refractivity contribution in [2.45, 2.75) is 19.8 Å². The topological polar surface area (TPSA) is 39.2 Å². The van der Waals surface area contributed by atoms with Crippen molar-refractivity contribution in [1.29, 1.82) is 0 Å². The molecule has 3 nitrogen and oxygen atoms in total. The van der Waals surface area contributed by atoms with E-state index in [4.69, 9.17) is 0 Å². The Hall–Kier alpha value is -1.68. The number of aromatic nitrogens is 1. The molecule has 0 aliphatic heterocycles. The molecule has 4 heteroatoms. The molecular weight excluding hydrogens is 246 g/mol. The summed E-state index contributed by atoms with van der Waals surface area (Å²) in [6.45, 7) is 2.06. The molecule has 1 aromatic heterocycles. The molecule has 0 atom stereocenters. The summed E-state index contributed by atoms with van der Waals surface area (Å²) in [5.41, 5.74) is 3.32. The van der Waals surface area contributed by atoms with Gasteiger partial charge in [-0.2, -0.15) is 0 Å². The summed E-state index contributed by atoms with van der Waals surface area (Å²) in [4.78, 5) is 15.6. The number of aryl methyl sites for hydroxylation is 2. The Kier molecular flexibility index (Phi) is 4.10. The lowest BCUT2D eigenvalue weighted by Gasteiger charge is -1.98. The zero-order valence-corrected chi connectivity index (χ0v) is 11.3. The Labute approximate surface area is 110 Å². The lowest BCUT2D eigenvalue weighted by molar-refractivity contribution is -0.140. The van der Waals surface area contributed by atoms with Crippen LogP contribution in [0.4, 0.5) is 0 Å². The van der Waals surface area contributed by atoms with Gasteiger partial charge in [-0.15, -0.1) is 11.3 Å². The largest absolute Gasteiger partial charge is 0.469 e. The van der Waals surface area contributed by atoms with E-state index in [1.54, 1.807) is 11.3 Å². The van der Waals surface area contributed by atoms with E-state index in [9.17, 15) is 4.79 Å². The predicted molar refractivity (Wildman–Crippen MR) is 72.6 cm³/mol. The number of hydrogen-bond acceptors (Lipinski definition) is 4. The molecule has 0 aliphatic rings. The van der Waals surface area contributed by atoms with Crippen molar-refractivity contribution in [1.82, 2.24) is 4.98 Å². The standard InChI is InChI=1S/C14H15NO2S/c1-10-4-3-5-11(8-10)12-9-18-13(15-12)6-7-14(16)17-2/h3-5,8-9H,6-7H2,1-2H3. The molecule has 0 fully saturated rings. The van der Waals surface area contributed by atoms with Crippen LogP contribution in [0.15, 0.2) is 29.6 Å². The number of rotatable bonds is 4. The summed E-state index contributed by atoms with van der Waals surface area (Å²) in [6.07, 6.45) is 1.03. The highest BCUT2D eigenvalue weighted by atomic mass is 32.1. The van der Waals surface area contributed by atoms with Gasteiger partial charge < -0.3 is 4.74 Å². The summed E-state index contributed by atoms with van der Waals surface area (Å²) in [5, 5.41) is 3.00. The molecule has 1 heterocycles. The van der Waals surface area contributed by atoms with E-state index in [2.05, 4.69) is 28.8 Å². The van der Waals surface area contributed by atoms with Gasteiger partial charge in [-0.05, 0) is 13.0 Å². The number of benzene rings is 1. The Balaban J connectivity index is 2.08. The molecule has 0 spiro atoms. The first-order valence-electron chi connectivity index (χ1n) is 5.77. The molecule has 94 valence electrons.